The molecule has 1 aromatic heterocycles. The van der Waals surface area contributed by atoms with Crippen molar-refractivity contribution in [2.24, 2.45) is 0 Å². The molecule has 1 N–H and O–H groups in total. The van der Waals surface area contributed by atoms with Crippen molar-refractivity contribution in [2.45, 2.75) is 13.1 Å². The molecule has 1 heterocycles. The highest BCUT2D eigenvalue weighted by Gasteiger charge is 2.40. The lowest BCUT2D eigenvalue weighted by Crippen LogP contribution is -2.13. The van der Waals surface area contributed by atoms with Crippen molar-refractivity contribution < 1.29 is 22.7 Å². The van der Waals surface area contributed by atoms with Gasteiger partial charge in [-0.15, -0.1) is 0 Å². The second kappa shape index (κ2) is 6.94. The first-order chi connectivity index (χ1) is 10.7. The van der Waals surface area contributed by atoms with Gasteiger partial charge in [0.05, 0.1) is 17.3 Å². The molecule has 0 bridgehead atoms. The molecule has 0 aliphatic rings. The quantitative estimate of drug-likeness (QED) is 0.718. The number of ether oxygens (including phenoxy) is 1. The fourth-order valence-electron chi connectivity index (χ4n) is 1.61. The number of rotatable bonds is 4. The molecule has 0 amide bonds. The molecule has 23 heavy (non-hydrogen) atoms. The van der Waals surface area contributed by atoms with Crippen molar-refractivity contribution in [3.05, 3.63) is 38.8 Å². The van der Waals surface area contributed by atoms with E-state index >= 15 is 0 Å². The van der Waals surface area contributed by atoms with Gasteiger partial charge in [0.15, 0.2) is 10.8 Å². The van der Waals surface area contributed by atoms with E-state index in [1.54, 1.807) is 0 Å². The molecular formula is C13H9Cl2F3N2O2S. The summed E-state index contributed by atoms with van der Waals surface area (Å²) in [5.74, 6) is -1.08. The number of esters is 1. The normalized spacial score (nSPS) is 11.4. The van der Waals surface area contributed by atoms with Crippen LogP contribution in [0, 0.1) is 0 Å². The zero-order valence-corrected chi connectivity index (χ0v) is 13.8. The lowest BCUT2D eigenvalue weighted by Gasteiger charge is -2.05. The molecule has 0 unspecified atom stereocenters. The van der Waals surface area contributed by atoms with Crippen molar-refractivity contribution in [3.8, 4) is 0 Å². The van der Waals surface area contributed by atoms with E-state index in [-0.39, 0.29) is 22.4 Å². The second-order valence-corrected chi connectivity index (χ2v) is 6.01. The van der Waals surface area contributed by atoms with Gasteiger partial charge in [0, 0.05) is 5.02 Å². The number of anilines is 2. The third-order valence-corrected chi connectivity index (χ3v) is 4.04. The molecule has 4 nitrogen and oxygen atoms in total. The maximum absolute atomic E-state index is 13.0. The van der Waals surface area contributed by atoms with E-state index < -0.39 is 22.7 Å². The van der Waals surface area contributed by atoms with Crippen molar-refractivity contribution >= 4 is 51.3 Å². The zero-order valence-electron chi connectivity index (χ0n) is 11.5. The number of halogens is 5. The van der Waals surface area contributed by atoms with Crippen LogP contribution in [0.4, 0.5) is 24.0 Å². The molecular weight excluding hydrogens is 376 g/mol. The SMILES string of the molecule is CCOC(=O)c1sc(Nc2cc(Cl)ccc2Cl)nc1C(F)(F)F. The fourth-order valence-corrected chi connectivity index (χ4v) is 2.84. The first-order valence-corrected chi connectivity index (χ1v) is 7.76. The number of hydrogen-bond acceptors (Lipinski definition) is 5. The molecule has 0 aliphatic carbocycles. The summed E-state index contributed by atoms with van der Waals surface area (Å²) in [7, 11) is 0. The lowest BCUT2D eigenvalue weighted by molar-refractivity contribution is -0.141. The van der Waals surface area contributed by atoms with Crippen LogP contribution in [0.3, 0.4) is 0 Å². The Morgan fingerprint density at radius 2 is 2.09 bits per heavy atom. The lowest BCUT2D eigenvalue weighted by atomic mass is 10.3. The van der Waals surface area contributed by atoms with Gasteiger partial charge in [0.2, 0.25) is 0 Å². The predicted octanol–water partition coefficient (Wildman–Crippen LogP) is 5.39. The minimum atomic E-state index is -4.78. The monoisotopic (exact) mass is 384 g/mol. The third kappa shape index (κ3) is 4.27. The maximum Gasteiger partial charge on any atom is 0.435 e. The summed E-state index contributed by atoms with van der Waals surface area (Å²) in [5, 5.41) is 3.07. The van der Waals surface area contributed by atoms with Crippen LogP contribution in [0.2, 0.25) is 10.0 Å². The van der Waals surface area contributed by atoms with Gasteiger partial charge in [0.25, 0.3) is 0 Å². The Morgan fingerprint density at radius 1 is 1.39 bits per heavy atom. The van der Waals surface area contributed by atoms with E-state index in [2.05, 4.69) is 15.0 Å². The average Bonchev–Trinajstić information content (AvgIpc) is 2.87. The molecule has 0 spiro atoms. The predicted molar refractivity (Wildman–Crippen MR) is 82.8 cm³/mol. The van der Waals surface area contributed by atoms with Crippen LogP contribution < -0.4 is 5.32 Å². The summed E-state index contributed by atoms with van der Waals surface area (Å²) in [4.78, 5) is 14.5. The Kier molecular flexibility index (Phi) is 5.38. The van der Waals surface area contributed by atoms with Crippen LogP contribution in [0.25, 0.3) is 0 Å². The first-order valence-electron chi connectivity index (χ1n) is 6.19. The summed E-state index contributed by atoms with van der Waals surface area (Å²) in [6.45, 7) is 1.45. The molecule has 2 rings (SSSR count). The van der Waals surface area contributed by atoms with E-state index in [0.717, 1.165) is 0 Å². The molecule has 1 aromatic carbocycles. The summed E-state index contributed by atoms with van der Waals surface area (Å²) in [6, 6.07) is 4.45. The molecule has 0 aliphatic heterocycles. The van der Waals surface area contributed by atoms with E-state index in [1.165, 1.54) is 25.1 Å². The first kappa shape index (κ1) is 17.8. The van der Waals surface area contributed by atoms with Gasteiger partial charge in [0.1, 0.15) is 4.88 Å². The number of hydrogen-bond donors (Lipinski definition) is 1. The van der Waals surface area contributed by atoms with Gasteiger partial charge in [-0.1, -0.05) is 34.5 Å². The standard InChI is InChI=1S/C13H9Cl2F3N2O2S/c1-2-22-11(21)9-10(13(16,17)18)20-12(23-9)19-8-5-6(14)3-4-7(8)15/h3-5H,2H2,1H3,(H,19,20). The molecule has 10 heteroatoms. The molecule has 0 radical (unpaired) electrons. The molecule has 124 valence electrons. The van der Waals surface area contributed by atoms with Crippen molar-refractivity contribution in [3.63, 3.8) is 0 Å². The van der Waals surface area contributed by atoms with E-state index in [0.29, 0.717) is 16.4 Å². The topological polar surface area (TPSA) is 51.2 Å². The number of thiazole rings is 1. The summed E-state index contributed by atoms with van der Waals surface area (Å²) >= 11 is 12.3. The zero-order chi connectivity index (χ0) is 17.2. The smallest absolute Gasteiger partial charge is 0.435 e. The van der Waals surface area contributed by atoms with Gasteiger partial charge >= 0.3 is 12.1 Å². The van der Waals surface area contributed by atoms with Crippen LogP contribution in [0.15, 0.2) is 18.2 Å². The molecule has 0 fully saturated rings. The van der Waals surface area contributed by atoms with Gasteiger partial charge in [-0.3, -0.25) is 0 Å². The van der Waals surface area contributed by atoms with Crippen molar-refractivity contribution in [1.82, 2.24) is 4.98 Å². The number of nitrogens with one attached hydrogen (secondary N) is 1. The van der Waals surface area contributed by atoms with E-state index in [4.69, 9.17) is 23.2 Å². The van der Waals surface area contributed by atoms with Gasteiger partial charge < -0.3 is 10.1 Å². The van der Waals surface area contributed by atoms with Crippen LogP contribution in [-0.2, 0) is 10.9 Å². The number of alkyl halides is 3. The number of nitrogens with zero attached hydrogens (tertiary/aromatic N) is 1. The average molecular weight is 385 g/mol. The number of carbonyl (C=O) groups excluding carboxylic acids is 1. The maximum atomic E-state index is 13.0. The van der Waals surface area contributed by atoms with E-state index in [1.807, 2.05) is 0 Å². The minimum Gasteiger partial charge on any atom is -0.462 e. The minimum absolute atomic E-state index is 0.0447. The van der Waals surface area contributed by atoms with Gasteiger partial charge in [-0.2, -0.15) is 13.2 Å². The van der Waals surface area contributed by atoms with Crippen LogP contribution >= 0.6 is 34.5 Å². The molecule has 0 saturated heterocycles. The summed E-state index contributed by atoms with van der Waals surface area (Å²) < 4.78 is 43.6. The third-order valence-electron chi connectivity index (χ3n) is 2.53. The Balaban J connectivity index is 2.40. The largest absolute Gasteiger partial charge is 0.462 e. The number of benzene rings is 1. The van der Waals surface area contributed by atoms with Crippen LogP contribution in [0.5, 0.6) is 0 Å². The highest BCUT2D eigenvalue weighted by molar-refractivity contribution is 7.17. The summed E-state index contributed by atoms with van der Waals surface area (Å²) in [6.07, 6.45) is -4.78. The Morgan fingerprint density at radius 3 is 2.70 bits per heavy atom. The van der Waals surface area contributed by atoms with Crippen LogP contribution in [-0.4, -0.2) is 17.6 Å². The Hall–Kier alpha value is -1.51. The highest BCUT2D eigenvalue weighted by atomic mass is 35.5. The van der Waals surface area contributed by atoms with Gasteiger partial charge in [-0.05, 0) is 25.1 Å². The molecule has 2 aromatic rings. The highest BCUT2D eigenvalue weighted by Crippen LogP contribution is 2.38. The second-order valence-electron chi connectivity index (χ2n) is 4.16. The van der Waals surface area contributed by atoms with Crippen LogP contribution in [0.1, 0.15) is 22.3 Å². The van der Waals surface area contributed by atoms with Crippen molar-refractivity contribution in [1.29, 1.82) is 0 Å². The number of carbonyl (C=O) groups is 1. The molecule has 0 atom stereocenters. The Bertz CT molecular complexity index is 734. The Labute approximate surface area is 143 Å². The number of aromatic nitrogens is 1. The summed E-state index contributed by atoms with van der Waals surface area (Å²) in [5.41, 5.74) is -1.03. The van der Waals surface area contributed by atoms with Gasteiger partial charge in [-0.25, -0.2) is 9.78 Å². The van der Waals surface area contributed by atoms with E-state index in [9.17, 15) is 18.0 Å². The molecule has 0 saturated carbocycles. The fraction of sp³-hybridized carbons (Fsp3) is 0.231. The van der Waals surface area contributed by atoms with Crippen molar-refractivity contribution in [2.75, 3.05) is 11.9 Å².